The smallest absolute Gasteiger partial charge is 0.0237 e. The Morgan fingerprint density at radius 2 is 1.31 bits per heavy atom. The van der Waals surface area contributed by atoms with Crippen molar-refractivity contribution in [2.45, 2.75) is 72.0 Å². The average Bonchev–Trinajstić information content (AvgIpc) is 3.31. The Morgan fingerprint density at radius 1 is 0.769 bits per heavy atom. The molecule has 0 N–H and O–H groups in total. The molecule has 0 bridgehead atoms. The number of likely N-dealkylation sites (tertiary alicyclic amines) is 2. The summed E-state index contributed by atoms with van der Waals surface area (Å²) in [5.41, 5.74) is 4.66. The molecule has 1 aromatic carbocycles. The largest absolute Gasteiger partial charge is 0.299 e. The predicted molar refractivity (Wildman–Crippen MR) is 111 cm³/mol. The van der Waals surface area contributed by atoms with E-state index < -0.39 is 0 Å². The molecule has 3 nitrogen and oxygen atoms in total. The Hall–Kier alpha value is -0.900. The van der Waals surface area contributed by atoms with Gasteiger partial charge in [-0.3, -0.25) is 14.7 Å². The Labute approximate surface area is 161 Å². The van der Waals surface area contributed by atoms with E-state index in [1.165, 1.54) is 83.4 Å². The van der Waals surface area contributed by atoms with E-state index in [4.69, 9.17) is 0 Å². The summed E-state index contributed by atoms with van der Waals surface area (Å²) in [6.45, 7) is 15.6. The first kappa shape index (κ1) is 19.9. The highest BCUT2D eigenvalue weighted by molar-refractivity contribution is 5.32. The molecule has 2 heterocycles. The zero-order valence-electron chi connectivity index (χ0n) is 17.2. The summed E-state index contributed by atoms with van der Waals surface area (Å²) in [4.78, 5) is 7.92. The highest BCUT2D eigenvalue weighted by Crippen LogP contribution is 2.22. The molecule has 1 aromatic rings. The van der Waals surface area contributed by atoms with Gasteiger partial charge in [0.2, 0.25) is 0 Å². The highest BCUT2D eigenvalue weighted by atomic mass is 15.1. The van der Waals surface area contributed by atoms with E-state index in [9.17, 15) is 0 Å². The van der Waals surface area contributed by atoms with Crippen LogP contribution in [0, 0.1) is 0 Å². The van der Waals surface area contributed by atoms with Gasteiger partial charge >= 0.3 is 0 Å². The van der Waals surface area contributed by atoms with Gasteiger partial charge in [0.05, 0.1) is 0 Å². The second kappa shape index (κ2) is 10.4. The number of hydrogen-bond donors (Lipinski definition) is 0. The van der Waals surface area contributed by atoms with E-state index in [1.54, 1.807) is 11.1 Å². The molecule has 2 aliphatic rings. The van der Waals surface area contributed by atoms with Crippen molar-refractivity contribution >= 4 is 0 Å². The lowest BCUT2D eigenvalue weighted by Crippen LogP contribution is -2.26. The van der Waals surface area contributed by atoms with Crippen LogP contribution < -0.4 is 0 Å². The van der Waals surface area contributed by atoms with Gasteiger partial charge in [0.15, 0.2) is 0 Å². The average molecular weight is 358 g/mol. The maximum Gasteiger partial charge on any atom is 0.0237 e. The number of nitrogens with zero attached hydrogens (tertiary/aromatic N) is 3. The van der Waals surface area contributed by atoms with Crippen molar-refractivity contribution in [1.82, 2.24) is 14.7 Å². The normalized spacial score (nSPS) is 19.0. The van der Waals surface area contributed by atoms with Crippen LogP contribution in [-0.4, -0.2) is 54.0 Å². The minimum absolute atomic E-state index is 1.11. The summed E-state index contributed by atoms with van der Waals surface area (Å²) >= 11 is 0. The highest BCUT2D eigenvalue weighted by Gasteiger charge is 2.18. The molecule has 26 heavy (non-hydrogen) atoms. The summed E-state index contributed by atoms with van der Waals surface area (Å²) in [5, 5.41) is 0. The standard InChI is InChI=1S/C23H39N3/c1-3-11-24(12-4-2)18-21-9-10-22(19-25-13-5-6-14-25)23(17-21)20-26-15-7-8-16-26/h9-10,17H,3-8,11-16,18-20H2,1-2H3. The third kappa shape index (κ3) is 5.80. The van der Waals surface area contributed by atoms with Gasteiger partial charge in [-0.15, -0.1) is 0 Å². The first-order valence-electron chi connectivity index (χ1n) is 11.1. The molecule has 0 spiro atoms. The minimum atomic E-state index is 1.11. The molecule has 0 radical (unpaired) electrons. The van der Waals surface area contributed by atoms with Crippen LogP contribution in [0.1, 0.15) is 69.1 Å². The molecular weight excluding hydrogens is 318 g/mol. The van der Waals surface area contributed by atoms with Gasteiger partial charge in [-0.25, -0.2) is 0 Å². The predicted octanol–water partition coefficient (Wildman–Crippen LogP) is 4.50. The lowest BCUT2D eigenvalue weighted by Gasteiger charge is -2.24. The van der Waals surface area contributed by atoms with Gasteiger partial charge in [-0.05, 0) is 94.5 Å². The fourth-order valence-electron chi connectivity index (χ4n) is 4.60. The molecule has 2 saturated heterocycles. The first-order chi connectivity index (χ1) is 12.8. The van der Waals surface area contributed by atoms with E-state index in [0.717, 1.165) is 19.6 Å². The van der Waals surface area contributed by atoms with E-state index >= 15 is 0 Å². The number of rotatable bonds is 10. The molecule has 0 aliphatic carbocycles. The summed E-state index contributed by atoms with van der Waals surface area (Å²) in [5.74, 6) is 0. The first-order valence-corrected chi connectivity index (χ1v) is 11.1. The summed E-state index contributed by atoms with van der Waals surface area (Å²) in [6, 6.07) is 7.37. The van der Waals surface area contributed by atoms with Crippen molar-refractivity contribution in [3.63, 3.8) is 0 Å². The second-order valence-corrected chi connectivity index (χ2v) is 8.35. The molecule has 146 valence electrons. The third-order valence-corrected chi connectivity index (χ3v) is 5.94. The summed E-state index contributed by atoms with van der Waals surface area (Å²) in [7, 11) is 0. The SMILES string of the molecule is CCCN(CCC)Cc1ccc(CN2CCCC2)c(CN2CCCC2)c1. The molecule has 0 amide bonds. The monoisotopic (exact) mass is 357 g/mol. The van der Waals surface area contributed by atoms with Crippen molar-refractivity contribution in [3.8, 4) is 0 Å². The molecular formula is C23H39N3. The molecule has 2 fully saturated rings. The topological polar surface area (TPSA) is 9.72 Å². The maximum atomic E-state index is 2.66. The van der Waals surface area contributed by atoms with Gasteiger partial charge in [-0.2, -0.15) is 0 Å². The van der Waals surface area contributed by atoms with Gasteiger partial charge in [-0.1, -0.05) is 32.0 Å². The zero-order chi connectivity index (χ0) is 18.2. The van der Waals surface area contributed by atoms with Crippen molar-refractivity contribution in [1.29, 1.82) is 0 Å². The Balaban J connectivity index is 1.73. The Bertz CT molecular complexity index is 524. The van der Waals surface area contributed by atoms with E-state index in [0.29, 0.717) is 0 Å². The van der Waals surface area contributed by atoms with Crippen molar-refractivity contribution in [3.05, 3.63) is 34.9 Å². The molecule has 0 unspecified atom stereocenters. The van der Waals surface area contributed by atoms with Gasteiger partial charge in [0.25, 0.3) is 0 Å². The van der Waals surface area contributed by atoms with Crippen LogP contribution in [0.15, 0.2) is 18.2 Å². The Kier molecular flexibility index (Phi) is 7.97. The van der Waals surface area contributed by atoms with Gasteiger partial charge < -0.3 is 0 Å². The van der Waals surface area contributed by atoms with Gasteiger partial charge in [0, 0.05) is 19.6 Å². The van der Waals surface area contributed by atoms with E-state index in [2.05, 4.69) is 46.7 Å². The lowest BCUT2D eigenvalue weighted by molar-refractivity contribution is 0.266. The van der Waals surface area contributed by atoms with Crippen LogP contribution in [-0.2, 0) is 19.6 Å². The number of hydrogen-bond acceptors (Lipinski definition) is 3. The second-order valence-electron chi connectivity index (χ2n) is 8.35. The van der Waals surface area contributed by atoms with Crippen LogP contribution >= 0.6 is 0 Å². The fourth-order valence-corrected chi connectivity index (χ4v) is 4.60. The van der Waals surface area contributed by atoms with Crippen LogP contribution in [0.25, 0.3) is 0 Å². The molecule has 3 rings (SSSR count). The van der Waals surface area contributed by atoms with Crippen molar-refractivity contribution in [2.75, 3.05) is 39.3 Å². The molecule has 2 aliphatic heterocycles. The molecule has 0 atom stereocenters. The summed E-state index contributed by atoms with van der Waals surface area (Å²) in [6.07, 6.45) is 8.00. The minimum Gasteiger partial charge on any atom is -0.299 e. The third-order valence-electron chi connectivity index (χ3n) is 5.94. The van der Waals surface area contributed by atoms with Crippen molar-refractivity contribution < 1.29 is 0 Å². The molecule has 3 heteroatoms. The van der Waals surface area contributed by atoms with Crippen LogP contribution in [0.3, 0.4) is 0 Å². The van der Waals surface area contributed by atoms with Crippen LogP contribution in [0.4, 0.5) is 0 Å². The van der Waals surface area contributed by atoms with E-state index in [-0.39, 0.29) is 0 Å². The molecule has 0 saturated carbocycles. The van der Waals surface area contributed by atoms with Gasteiger partial charge in [0.1, 0.15) is 0 Å². The van der Waals surface area contributed by atoms with Crippen LogP contribution in [0.2, 0.25) is 0 Å². The van der Waals surface area contributed by atoms with E-state index in [1.807, 2.05) is 0 Å². The maximum absolute atomic E-state index is 2.66. The molecule has 0 aromatic heterocycles. The lowest BCUT2D eigenvalue weighted by atomic mass is 10.0. The van der Waals surface area contributed by atoms with Crippen molar-refractivity contribution in [2.24, 2.45) is 0 Å². The quantitative estimate of drug-likeness (QED) is 0.610. The zero-order valence-corrected chi connectivity index (χ0v) is 17.2. The number of benzene rings is 1. The van der Waals surface area contributed by atoms with Crippen LogP contribution in [0.5, 0.6) is 0 Å². The fraction of sp³-hybridized carbons (Fsp3) is 0.739. The Morgan fingerprint density at radius 3 is 1.85 bits per heavy atom. The summed E-state index contributed by atoms with van der Waals surface area (Å²) < 4.78 is 0.